The Kier molecular flexibility index (Phi) is 5.67. The van der Waals surface area contributed by atoms with Gasteiger partial charge in [0.1, 0.15) is 17.7 Å². The fraction of sp³-hybridized carbons (Fsp3) is 0.600. The van der Waals surface area contributed by atoms with Crippen LogP contribution < -0.4 is 5.32 Å². The number of ether oxygens (including phenoxy) is 1. The molecule has 2 fully saturated rings. The molecule has 0 aromatic heterocycles. The molecule has 2 aliphatic rings. The maximum Gasteiger partial charge on any atom is 0.148 e. The Morgan fingerprint density at radius 2 is 1.74 bits per heavy atom. The first kappa shape index (κ1) is 17.8. The highest BCUT2D eigenvalue weighted by molar-refractivity contribution is 5.53. The smallest absolute Gasteiger partial charge is 0.148 e. The minimum absolute atomic E-state index is 0.124. The topological polar surface area (TPSA) is 38.3 Å². The summed E-state index contributed by atoms with van der Waals surface area (Å²) in [6, 6.07) is 9.18. The molecule has 3 heteroatoms. The zero-order valence-electron chi connectivity index (χ0n) is 15.0. The quantitative estimate of drug-likeness (QED) is 0.797. The number of nitrogens with one attached hydrogen (secondary N) is 1. The SMILES string of the molecule is CC(C)(C)c1ccc(C2CC2)cc1.CC1CNC(=C=O)C(C)O1. The van der Waals surface area contributed by atoms with Gasteiger partial charge in [0, 0.05) is 6.54 Å². The first-order valence-corrected chi connectivity index (χ1v) is 8.56. The van der Waals surface area contributed by atoms with Crippen molar-refractivity contribution in [1.82, 2.24) is 5.32 Å². The highest BCUT2D eigenvalue weighted by Crippen LogP contribution is 2.40. The van der Waals surface area contributed by atoms with E-state index in [1.807, 2.05) is 13.8 Å². The van der Waals surface area contributed by atoms with E-state index >= 15 is 0 Å². The summed E-state index contributed by atoms with van der Waals surface area (Å²) in [6.45, 7) is 11.3. The molecule has 126 valence electrons. The van der Waals surface area contributed by atoms with Crippen LogP contribution in [0.3, 0.4) is 0 Å². The third-order valence-electron chi connectivity index (χ3n) is 4.36. The lowest BCUT2D eigenvalue weighted by Gasteiger charge is -2.26. The van der Waals surface area contributed by atoms with Crippen LogP contribution in [0.25, 0.3) is 0 Å². The van der Waals surface area contributed by atoms with Crippen LogP contribution in [0.5, 0.6) is 0 Å². The second kappa shape index (κ2) is 7.33. The summed E-state index contributed by atoms with van der Waals surface area (Å²) >= 11 is 0. The number of hydrogen-bond donors (Lipinski definition) is 1. The van der Waals surface area contributed by atoms with Gasteiger partial charge >= 0.3 is 0 Å². The molecule has 0 bridgehead atoms. The molecule has 23 heavy (non-hydrogen) atoms. The largest absolute Gasteiger partial charge is 0.375 e. The summed E-state index contributed by atoms with van der Waals surface area (Å²) in [5, 5.41) is 2.94. The van der Waals surface area contributed by atoms with E-state index < -0.39 is 0 Å². The molecule has 1 aliphatic heterocycles. The molecule has 1 heterocycles. The summed E-state index contributed by atoms with van der Waals surface area (Å²) < 4.78 is 5.33. The fourth-order valence-corrected chi connectivity index (χ4v) is 2.65. The molecule has 2 unspecified atom stereocenters. The normalized spacial score (nSPS) is 24.1. The van der Waals surface area contributed by atoms with Gasteiger partial charge in [-0.05, 0) is 49.1 Å². The zero-order valence-corrected chi connectivity index (χ0v) is 15.0. The zero-order chi connectivity index (χ0) is 17.0. The molecule has 0 radical (unpaired) electrons. The Hall–Kier alpha value is -1.57. The molecule has 1 N–H and O–H groups in total. The highest BCUT2D eigenvalue weighted by Gasteiger charge is 2.23. The maximum absolute atomic E-state index is 10.2. The second-order valence-corrected chi connectivity index (χ2v) is 7.63. The van der Waals surface area contributed by atoms with Crippen molar-refractivity contribution < 1.29 is 9.53 Å². The monoisotopic (exact) mass is 315 g/mol. The van der Waals surface area contributed by atoms with Crippen LogP contribution in [0.15, 0.2) is 30.0 Å². The van der Waals surface area contributed by atoms with Gasteiger partial charge in [0.15, 0.2) is 0 Å². The molecular weight excluding hydrogens is 286 g/mol. The Bertz CT molecular complexity index is 560. The van der Waals surface area contributed by atoms with Gasteiger partial charge in [0.2, 0.25) is 0 Å². The summed E-state index contributed by atoms with van der Waals surface area (Å²) in [5.41, 5.74) is 3.80. The Morgan fingerprint density at radius 1 is 1.13 bits per heavy atom. The molecule has 3 nitrogen and oxygen atoms in total. The van der Waals surface area contributed by atoms with Crippen LogP contribution >= 0.6 is 0 Å². The molecule has 1 aromatic carbocycles. The molecule has 3 rings (SSSR count). The summed E-state index contributed by atoms with van der Waals surface area (Å²) in [7, 11) is 0. The summed E-state index contributed by atoms with van der Waals surface area (Å²) in [4.78, 5) is 10.2. The minimum Gasteiger partial charge on any atom is -0.375 e. The van der Waals surface area contributed by atoms with E-state index in [2.05, 4.69) is 50.4 Å². The van der Waals surface area contributed by atoms with Gasteiger partial charge in [0.05, 0.1) is 6.10 Å². The van der Waals surface area contributed by atoms with Gasteiger partial charge in [-0.2, -0.15) is 0 Å². The fourth-order valence-electron chi connectivity index (χ4n) is 2.65. The van der Waals surface area contributed by atoms with E-state index in [9.17, 15) is 4.79 Å². The van der Waals surface area contributed by atoms with Gasteiger partial charge in [-0.15, -0.1) is 0 Å². The Balaban J connectivity index is 0.000000174. The first-order chi connectivity index (χ1) is 10.8. The van der Waals surface area contributed by atoms with Gasteiger partial charge in [0.25, 0.3) is 0 Å². The number of hydrogen-bond acceptors (Lipinski definition) is 3. The highest BCUT2D eigenvalue weighted by atomic mass is 16.5. The third kappa shape index (κ3) is 5.23. The minimum atomic E-state index is -0.124. The number of morpholine rings is 1. The van der Waals surface area contributed by atoms with Crippen molar-refractivity contribution in [2.45, 2.75) is 71.0 Å². The molecule has 1 aromatic rings. The lowest BCUT2D eigenvalue weighted by atomic mass is 9.86. The van der Waals surface area contributed by atoms with Crippen LogP contribution in [0.4, 0.5) is 0 Å². The van der Waals surface area contributed by atoms with E-state index in [1.54, 1.807) is 5.94 Å². The molecule has 1 saturated carbocycles. The van der Waals surface area contributed by atoms with Crippen LogP contribution in [0, 0.1) is 0 Å². The average Bonchev–Trinajstić information content (AvgIpc) is 3.32. The van der Waals surface area contributed by atoms with E-state index in [-0.39, 0.29) is 12.2 Å². The standard InChI is InChI=1S/C13H18.C7H11NO2/c1-13(2,3)12-8-6-11(7-9-12)10-4-5-10;1-5-3-8-7(4-9)6(2)10-5/h6-10H,4-5H2,1-3H3;5-6,8H,3H2,1-2H3. The number of benzene rings is 1. The van der Waals surface area contributed by atoms with Crippen LogP contribution in [-0.4, -0.2) is 24.7 Å². The van der Waals surface area contributed by atoms with Crippen molar-refractivity contribution >= 4 is 5.94 Å². The first-order valence-electron chi connectivity index (χ1n) is 8.56. The van der Waals surface area contributed by atoms with Crippen molar-refractivity contribution in [3.8, 4) is 0 Å². The van der Waals surface area contributed by atoms with Crippen molar-refractivity contribution in [2.75, 3.05) is 6.54 Å². The van der Waals surface area contributed by atoms with Crippen molar-refractivity contribution in [3.05, 3.63) is 41.1 Å². The average molecular weight is 315 g/mol. The predicted octanol–water partition coefficient (Wildman–Crippen LogP) is 3.96. The van der Waals surface area contributed by atoms with E-state index in [1.165, 1.54) is 24.0 Å². The molecule has 0 spiro atoms. The predicted molar refractivity (Wildman–Crippen MR) is 94.3 cm³/mol. The molecular formula is C20H29NO2. The number of rotatable bonds is 1. The van der Waals surface area contributed by atoms with E-state index in [0.717, 1.165) is 5.92 Å². The van der Waals surface area contributed by atoms with Gasteiger partial charge in [-0.25, -0.2) is 4.79 Å². The summed E-state index contributed by atoms with van der Waals surface area (Å²) in [5.74, 6) is 2.69. The van der Waals surface area contributed by atoms with Crippen molar-refractivity contribution in [2.24, 2.45) is 0 Å². The lowest BCUT2D eigenvalue weighted by molar-refractivity contribution is 0.00586. The Labute approximate surface area is 140 Å². The third-order valence-corrected chi connectivity index (χ3v) is 4.36. The van der Waals surface area contributed by atoms with Gasteiger partial charge < -0.3 is 10.1 Å². The van der Waals surface area contributed by atoms with E-state index in [4.69, 9.17) is 4.74 Å². The number of carbonyl (C=O) groups excluding carboxylic acids is 1. The summed E-state index contributed by atoms with van der Waals surface area (Å²) in [6.07, 6.45) is 2.86. The molecule has 1 saturated heterocycles. The second-order valence-electron chi connectivity index (χ2n) is 7.63. The van der Waals surface area contributed by atoms with Crippen molar-refractivity contribution in [1.29, 1.82) is 0 Å². The maximum atomic E-state index is 10.2. The van der Waals surface area contributed by atoms with Crippen LogP contribution in [0.1, 0.15) is 64.5 Å². The van der Waals surface area contributed by atoms with Crippen molar-refractivity contribution in [3.63, 3.8) is 0 Å². The molecule has 0 amide bonds. The van der Waals surface area contributed by atoms with Crippen LogP contribution in [0.2, 0.25) is 0 Å². The van der Waals surface area contributed by atoms with Crippen LogP contribution in [-0.2, 0) is 14.9 Å². The van der Waals surface area contributed by atoms with Gasteiger partial charge in [-0.1, -0.05) is 45.0 Å². The molecule has 2 atom stereocenters. The van der Waals surface area contributed by atoms with E-state index in [0.29, 0.717) is 17.7 Å². The lowest BCUT2D eigenvalue weighted by Crippen LogP contribution is -2.40. The van der Waals surface area contributed by atoms with Gasteiger partial charge in [-0.3, -0.25) is 0 Å². The molecule has 1 aliphatic carbocycles. The Morgan fingerprint density at radius 3 is 2.17 bits per heavy atom.